The van der Waals surface area contributed by atoms with E-state index in [-0.39, 0.29) is 46.6 Å². The molecule has 1 aromatic rings. The monoisotopic (exact) mass is 535 g/mol. The minimum absolute atomic E-state index is 0.00606. The number of amides is 2. The topological polar surface area (TPSA) is 105 Å². The van der Waals surface area contributed by atoms with Crippen LogP contribution >= 0.6 is 0 Å². The number of ether oxygens (including phenoxy) is 1. The average Bonchev–Trinajstić information content (AvgIpc) is 2.77. The molecule has 204 valence electrons. The van der Waals surface area contributed by atoms with Gasteiger partial charge in [0.05, 0.1) is 23.1 Å². The maximum Gasteiger partial charge on any atom is 0.319 e. The number of carbonyl (C=O) groups excluding carboxylic acids is 2. The van der Waals surface area contributed by atoms with Crippen LogP contribution in [-0.2, 0) is 19.6 Å². The summed E-state index contributed by atoms with van der Waals surface area (Å²) >= 11 is 0. The molecule has 5 atom stereocenters. The predicted molar refractivity (Wildman–Crippen MR) is 137 cm³/mol. The first-order valence-electron chi connectivity index (χ1n) is 13.4. The molecule has 10 heteroatoms. The van der Waals surface area contributed by atoms with Gasteiger partial charge >= 0.3 is 12.0 Å². The Morgan fingerprint density at radius 2 is 1.84 bits per heavy atom. The van der Waals surface area contributed by atoms with Gasteiger partial charge in [-0.1, -0.05) is 13.8 Å². The third-order valence-corrected chi connectivity index (χ3v) is 10.7. The molecule has 4 aliphatic carbocycles. The molecule has 5 aliphatic rings. The fourth-order valence-electron chi connectivity index (χ4n) is 8.50. The van der Waals surface area contributed by atoms with E-state index in [0.29, 0.717) is 18.8 Å². The minimum Gasteiger partial charge on any atom is -0.466 e. The highest BCUT2D eigenvalue weighted by Gasteiger charge is 2.60. The summed E-state index contributed by atoms with van der Waals surface area (Å²) in [5.41, 5.74) is 0.102. The number of halogens is 1. The highest BCUT2D eigenvalue weighted by Crippen LogP contribution is 2.66. The first-order valence-corrected chi connectivity index (χ1v) is 14.8. The molecule has 2 amide bonds. The molecule has 1 heterocycles. The largest absolute Gasteiger partial charge is 0.466 e. The molecule has 0 radical (unpaired) electrons. The molecule has 5 fully saturated rings. The van der Waals surface area contributed by atoms with Crippen molar-refractivity contribution in [3.63, 3.8) is 0 Å². The first kappa shape index (κ1) is 26.4. The van der Waals surface area contributed by atoms with E-state index in [9.17, 15) is 18.0 Å². The van der Waals surface area contributed by atoms with E-state index < -0.39 is 33.8 Å². The van der Waals surface area contributed by atoms with Gasteiger partial charge < -0.3 is 15.4 Å². The van der Waals surface area contributed by atoms with Crippen LogP contribution in [0.25, 0.3) is 0 Å². The lowest BCUT2D eigenvalue weighted by molar-refractivity contribution is -0.149. The zero-order valence-electron chi connectivity index (χ0n) is 21.9. The van der Waals surface area contributed by atoms with E-state index in [1.807, 2.05) is 0 Å². The molecular formula is C27H38FN3O5S. The molecule has 0 aromatic heterocycles. The van der Waals surface area contributed by atoms with Crippen molar-refractivity contribution in [3.8, 4) is 0 Å². The molecule has 0 spiro atoms. The van der Waals surface area contributed by atoms with E-state index in [0.717, 1.165) is 25.3 Å². The third kappa shape index (κ3) is 5.11. The SMILES string of the molecule is CCOC(=O)C1CCCN(S(=O)(=O)c2ccc(NC(=O)NC34CC5C[C@@](C)(C3)C[C@](C)(C5)C4)c(F)c2)C1. The Morgan fingerprint density at radius 3 is 2.46 bits per heavy atom. The Hall–Kier alpha value is -2.20. The number of anilines is 1. The van der Waals surface area contributed by atoms with Crippen LogP contribution in [-0.4, -0.2) is 50.0 Å². The number of nitrogens with zero attached hydrogens (tertiary/aromatic N) is 1. The second-order valence-corrected chi connectivity index (χ2v) is 14.5. The van der Waals surface area contributed by atoms with E-state index in [2.05, 4.69) is 24.5 Å². The van der Waals surface area contributed by atoms with Gasteiger partial charge in [-0.2, -0.15) is 4.31 Å². The number of urea groups is 1. The standard InChI is InChI=1S/C27H38FN3O5S/c1-4-36-23(32)19-6-5-9-31(14-19)37(34,35)20-7-8-22(21(28)10-20)29-24(33)30-27-13-18-11-25(2,16-27)15-26(3,12-18)17-27/h7-8,10,18-19H,4-6,9,11-17H2,1-3H3,(H2,29,30,33)/t18?,19?,25-,26+,27?. The van der Waals surface area contributed by atoms with Crippen LogP contribution in [0.2, 0.25) is 0 Å². The van der Waals surface area contributed by atoms with Crippen molar-refractivity contribution in [2.24, 2.45) is 22.7 Å². The Kier molecular flexibility index (Phi) is 6.58. The summed E-state index contributed by atoms with van der Waals surface area (Å²) in [6, 6.07) is 3.06. The summed E-state index contributed by atoms with van der Waals surface area (Å²) in [6.07, 6.45) is 7.48. The van der Waals surface area contributed by atoms with Crippen molar-refractivity contribution in [2.45, 2.75) is 82.6 Å². The van der Waals surface area contributed by atoms with E-state index in [4.69, 9.17) is 4.74 Å². The number of carbonyl (C=O) groups is 2. The van der Waals surface area contributed by atoms with Crippen molar-refractivity contribution >= 4 is 27.7 Å². The molecule has 3 unspecified atom stereocenters. The van der Waals surface area contributed by atoms with E-state index >= 15 is 4.39 Å². The smallest absolute Gasteiger partial charge is 0.319 e. The van der Waals surface area contributed by atoms with Crippen molar-refractivity contribution in [1.29, 1.82) is 0 Å². The summed E-state index contributed by atoms with van der Waals surface area (Å²) < 4.78 is 47.7. The number of piperidine rings is 1. The summed E-state index contributed by atoms with van der Waals surface area (Å²) in [6.45, 7) is 6.84. The Labute approximate surface area is 218 Å². The number of hydrogen-bond donors (Lipinski definition) is 2. The lowest BCUT2D eigenvalue weighted by Gasteiger charge is -2.65. The summed E-state index contributed by atoms with van der Waals surface area (Å²) in [5, 5.41) is 5.80. The van der Waals surface area contributed by atoms with Crippen LogP contribution in [0.1, 0.15) is 72.1 Å². The summed E-state index contributed by atoms with van der Waals surface area (Å²) in [5.74, 6) is -1.17. The van der Waals surface area contributed by atoms with Crippen LogP contribution in [0.4, 0.5) is 14.9 Å². The molecule has 4 bridgehead atoms. The maximum atomic E-state index is 15.0. The molecule has 6 rings (SSSR count). The Balaban J connectivity index is 1.26. The van der Waals surface area contributed by atoms with Crippen LogP contribution < -0.4 is 10.6 Å². The molecular weight excluding hydrogens is 497 g/mol. The van der Waals surface area contributed by atoms with Crippen LogP contribution in [0, 0.1) is 28.5 Å². The van der Waals surface area contributed by atoms with Gasteiger partial charge in [-0.25, -0.2) is 17.6 Å². The van der Waals surface area contributed by atoms with E-state index in [1.165, 1.54) is 35.7 Å². The summed E-state index contributed by atoms with van der Waals surface area (Å²) in [7, 11) is -4.00. The van der Waals surface area contributed by atoms with Gasteiger partial charge in [0.15, 0.2) is 0 Å². The average molecular weight is 536 g/mol. The van der Waals surface area contributed by atoms with Crippen LogP contribution in [0.15, 0.2) is 23.1 Å². The number of sulfonamides is 1. The Morgan fingerprint density at radius 1 is 1.14 bits per heavy atom. The van der Waals surface area contributed by atoms with Gasteiger partial charge in [-0.3, -0.25) is 4.79 Å². The molecule has 4 saturated carbocycles. The highest BCUT2D eigenvalue weighted by molar-refractivity contribution is 7.89. The van der Waals surface area contributed by atoms with Crippen LogP contribution in [0.5, 0.6) is 0 Å². The quantitative estimate of drug-likeness (QED) is 0.516. The number of rotatable bonds is 6. The van der Waals surface area contributed by atoms with Gasteiger partial charge in [0.1, 0.15) is 5.82 Å². The number of nitrogens with one attached hydrogen (secondary N) is 2. The van der Waals surface area contributed by atoms with Gasteiger partial charge in [-0.05, 0) is 93.2 Å². The fraction of sp³-hybridized carbons (Fsp3) is 0.704. The van der Waals surface area contributed by atoms with Crippen molar-refractivity contribution in [1.82, 2.24) is 9.62 Å². The molecule has 1 aromatic carbocycles. The van der Waals surface area contributed by atoms with Gasteiger partial charge in [-0.15, -0.1) is 0 Å². The molecule has 8 nitrogen and oxygen atoms in total. The highest BCUT2D eigenvalue weighted by atomic mass is 32.2. The summed E-state index contributed by atoms with van der Waals surface area (Å²) in [4.78, 5) is 24.9. The number of esters is 1. The van der Waals surface area contributed by atoms with Gasteiger partial charge in [0.2, 0.25) is 10.0 Å². The van der Waals surface area contributed by atoms with Gasteiger partial charge in [0.25, 0.3) is 0 Å². The zero-order chi connectivity index (χ0) is 26.6. The zero-order valence-corrected chi connectivity index (χ0v) is 22.8. The third-order valence-electron chi connectivity index (χ3n) is 8.84. The second kappa shape index (κ2) is 9.22. The van der Waals surface area contributed by atoms with Crippen molar-refractivity contribution < 1.29 is 27.1 Å². The minimum atomic E-state index is -4.00. The second-order valence-electron chi connectivity index (χ2n) is 12.6. The molecule has 1 aliphatic heterocycles. The molecule has 1 saturated heterocycles. The van der Waals surface area contributed by atoms with Crippen molar-refractivity contribution in [2.75, 3.05) is 25.0 Å². The molecule has 2 N–H and O–H groups in total. The molecule has 37 heavy (non-hydrogen) atoms. The van der Waals surface area contributed by atoms with Crippen LogP contribution in [0.3, 0.4) is 0 Å². The predicted octanol–water partition coefficient (Wildman–Crippen LogP) is 4.66. The lowest BCUT2D eigenvalue weighted by atomic mass is 9.43. The maximum absolute atomic E-state index is 15.0. The number of hydrogen-bond acceptors (Lipinski definition) is 5. The normalized spacial score (nSPS) is 35.2. The van der Waals surface area contributed by atoms with Crippen molar-refractivity contribution in [3.05, 3.63) is 24.0 Å². The first-order chi connectivity index (χ1) is 17.3. The van der Waals surface area contributed by atoms with Gasteiger partial charge in [0, 0.05) is 18.6 Å². The fourth-order valence-corrected chi connectivity index (χ4v) is 10.0. The van der Waals surface area contributed by atoms with E-state index in [1.54, 1.807) is 6.92 Å². The Bertz CT molecular complexity index is 1190. The number of benzene rings is 1. The lowest BCUT2D eigenvalue weighted by Crippen LogP contribution is -2.65.